The van der Waals surface area contributed by atoms with Crippen LogP contribution >= 0.6 is 31.9 Å². The Morgan fingerprint density at radius 1 is 1.00 bits per heavy atom. The van der Waals surface area contributed by atoms with Crippen LogP contribution in [0.4, 0.5) is 4.39 Å². The Labute approximate surface area is 122 Å². The molecule has 2 rings (SSSR count). The van der Waals surface area contributed by atoms with E-state index in [1.165, 1.54) is 6.07 Å². The molecule has 0 saturated heterocycles. The SMILES string of the molecule is Fc1ccccc1COc1c(Br)cccc1CBr. The molecule has 0 N–H and O–H groups in total. The second kappa shape index (κ2) is 6.34. The Bertz CT molecular complexity index is 543. The van der Waals surface area contributed by atoms with Crippen LogP contribution in [0, 0.1) is 5.82 Å². The molecular weight excluding hydrogens is 363 g/mol. The van der Waals surface area contributed by atoms with Gasteiger partial charge in [0.1, 0.15) is 18.2 Å². The molecule has 0 bridgehead atoms. The van der Waals surface area contributed by atoms with Crippen LogP contribution in [0.5, 0.6) is 5.75 Å². The van der Waals surface area contributed by atoms with Crippen molar-refractivity contribution in [3.8, 4) is 5.75 Å². The molecule has 0 fully saturated rings. The highest BCUT2D eigenvalue weighted by atomic mass is 79.9. The fourth-order valence-electron chi connectivity index (χ4n) is 1.59. The van der Waals surface area contributed by atoms with Crippen LogP contribution in [-0.4, -0.2) is 0 Å². The number of hydrogen-bond acceptors (Lipinski definition) is 1. The van der Waals surface area contributed by atoms with E-state index >= 15 is 0 Å². The van der Waals surface area contributed by atoms with Gasteiger partial charge in [-0.05, 0) is 28.1 Å². The first-order valence-electron chi connectivity index (χ1n) is 5.42. The number of halogens is 3. The van der Waals surface area contributed by atoms with Gasteiger partial charge in [-0.25, -0.2) is 4.39 Å². The standard InChI is InChI=1S/C14H11Br2FO/c15-8-10-5-3-6-12(16)14(10)18-9-11-4-1-2-7-13(11)17/h1-7H,8-9H2. The first kappa shape index (κ1) is 13.6. The zero-order valence-corrected chi connectivity index (χ0v) is 12.7. The van der Waals surface area contributed by atoms with Crippen LogP contribution in [0.3, 0.4) is 0 Å². The molecule has 0 aliphatic carbocycles. The first-order valence-corrected chi connectivity index (χ1v) is 7.33. The molecule has 0 aliphatic heterocycles. The molecule has 0 spiro atoms. The van der Waals surface area contributed by atoms with Crippen molar-refractivity contribution in [3.63, 3.8) is 0 Å². The average Bonchev–Trinajstić information content (AvgIpc) is 2.39. The van der Waals surface area contributed by atoms with E-state index < -0.39 is 0 Å². The molecule has 0 heterocycles. The fourth-order valence-corrected chi connectivity index (χ4v) is 2.55. The molecule has 4 heteroatoms. The van der Waals surface area contributed by atoms with Crippen molar-refractivity contribution in [1.29, 1.82) is 0 Å². The summed E-state index contributed by atoms with van der Waals surface area (Å²) in [5.74, 6) is 0.502. The van der Waals surface area contributed by atoms with Gasteiger partial charge in [0, 0.05) is 16.5 Å². The van der Waals surface area contributed by atoms with Crippen molar-refractivity contribution in [2.45, 2.75) is 11.9 Å². The molecule has 0 aromatic heterocycles. The van der Waals surface area contributed by atoms with Gasteiger partial charge >= 0.3 is 0 Å². The second-order valence-corrected chi connectivity index (χ2v) is 5.16. The van der Waals surface area contributed by atoms with Crippen molar-refractivity contribution >= 4 is 31.9 Å². The van der Waals surface area contributed by atoms with Gasteiger partial charge in [0.2, 0.25) is 0 Å². The minimum Gasteiger partial charge on any atom is -0.487 e. The lowest BCUT2D eigenvalue weighted by atomic mass is 10.2. The highest BCUT2D eigenvalue weighted by Gasteiger charge is 2.08. The predicted molar refractivity (Wildman–Crippen MR) is 77.5 cm³/mol. The van der Waals surface area contributed by atoms with Gasteiger partial charge < -0.3 is 4.74 Å². The zero-order valence-electron chi connectivity index (χ0n) is 9.50. The van der Waals surface area contributed by atoms with E-state index in [1.807, 2.05) is 18.2 Å². The van der Waals surface area contributed by atoms with E-state index in [-0.39, 0.29) is 12.4 Å². The number of rotatable bonds is 4. The quantitative estimate of drug-likeness (QED) is 0.680. The van der Waals surface area contributed by atoms with Crippen molar-refractivity contribution in [3.05, 3.63) is 63.9 Å². The van der Waals surface area contributed by atoms with Gasteiger partial charge in [0.25, 0.3) is 0 Å². The molecule has 2 aromatic rings. The number of benzene rings is 2. The topological polar surface area (TPSA) is 9.23 Å². The average molecular weight is 374 g/mol. The third-order valence-electron chi connectivity index (χ3n) is 2.52. The Morgan fingerprint density at radius 2 is 1.72 bits per heavy atom. The lowest BCUT2D eigenvalue weighted by molar-refractivity contribution is 0.296. The second-order valence-electron chi connectivity index (χ2n) is 3.74. The van der Waals surface area contributed by atoms with E-state index in [4.69, 9.17) is 4.74 Å². The van der Waals surface area contributed by atoms with Crippen molar-refractivity contribution in [2.24, 2.45) is 0 Å². The minimum atomic E-state index is -0.245. The summed E-state index contributed by atoms with van der Waals surface area (Å²) >= 11 is 6.85. The number of ether oxygens (including phenoxy) is 1. The van der Waals surface area contributed by atoms with Gasteiger partial charge in [-0.2, -0.15) is 0 Å². The van der Waals surface area contributed by atoms with Gasteiger partial charge in [0.05, 0.1) is 4.47 Å². The Hall–Kier alpha value is -0.870. The zero-order chi connectivity index (χ0) is 13.0. The molecular formula is C14H11Br2FO. The molecule has 2 aromatic carbocycles. The summed E-state index contributed by atoms with van der Waals surface area (Å²) in [5, 5.41) is 0.693. The number of para-hydroxylation sites is 1. The molecule has 94 valence electrons. The van der Waals surface area contributed by atoms with Crippen LogP contribution in [-0.2, 0) is 11.9 Å². The summed E-state index contributed by atoms with van der Waals surface area (Å²) in [4.78, 5) is 0. The molecule has 0 radical (unpaired) electrons. The number of hydrogen-bond donors (Lipinski definition) is 0. The van der Waals surface area contributed by atoms with Crippen LogP contribution in [0.2, 0.25) is 0 Å². The van der Waals surface area contributed by atoms with Crippen LogP contribution in [0.15, 0.2) is 46.9 Å². The van der Waals surface area contributed by atoms with Crippen molar-refractivity contribution < 1.29 is 9.13 Å². The maximum atomic E-state index is 13.5. The minimum absolute atomic E-state index is 0.218. The van der Waals surface area contributed by atoms with Gasteiger partial charge in [0.15, 0.2) is 0 Å². The van der Waals surface area contributed by atoms with Crippen LogP contribution < -0.4 is 4.74 Å². The Kier molecular flexibility index (Phi) is 4.78. The third kappa shape index (κ3) is 3.12. The normalized spacial score (nSPS) is 10.4. The summed E-state index contributed by atoms with van der Waals surface area (Å²) in [6, 6.07) is 12.4. The summed E-state index contributed by atoms with van der Waals surface area (Å²) in [6.07, 6.45) is 0. The Balaban J connectivity index is 2.18. The largest absolute Gasteiger partial charge is 0.487 e. The molecule has 18 heavy (non-hydrogen) atoms. The van der Waals surface area contributed by atoms with E-state index in [2.05, 4.69) is 31.9 Å². The lowest BCUT2D eigenvalue weighted by Crippen LogP contribution is -2.00. The summed E-state index contributed by atoms with van der Waals surface area (Å²) in [5.41, 5.74) is 1.58. The molecule has 0 unspecified atom stereocenters. The highest BCUT2D eigenvalue weighted by molar-refractivity contribution is 9.10. The molecule has 1 nitrogen and oxygen atoms in total. The highest BCUT2D eigenvalue weighted by Crippen LogP contribution is 2.31. The number of alkyl halides is 1. The fraction of sp³-hybridized carbons (Fsp3) is 0.143. The van der Waals surface area contributed by atoms with E-state index in [0.717, 1.165) is 15.8 Å². The van der Waals surface area contributed by atoms with Crippen LogP contribution in [0.25, 0.3) is 0 Å². The summed E-state index contributed by atoms with van der Waals surface area (Å²) in [6.45, 7) is 0.218. The lowest BCUT2D eigenvalue weighted by Gasteiger charge is -2.12. The van der Waals surface area contributed by atoms with E-state index in [1.54, 1.807) is 18.2 Å². The first-order chi connectivity index (χ1) is 8.72. The monoisotopic (exact) mass is 372 g/mol. The van der Waals surface area contributed by atoms with E-state index in [0.29, 0.717) is 10.9 Å². The van der Waals surface area contributed by atoms with Crippen molar-refractivity contribution in [1.82, 2.24) is 0 Å². The van der Waals surface area contributed by atoms with E-state index in [9.17, 15) is 4.39 Å². The molecule has 0 amide bonds. The maximum Gasteiger partial charge on any atom is 0.138 e. The summed E-state index contributed by atoms with van der Waals surface area (Å²) < 4.78 is 20.1. The predicted octanol–water partition coefficient (Wildman–Crippen LogP) is 5.06. The molecule has 0 atom stereocenters. The Morgan fingerprint density at radius 3 is 2.44 bits per heavy atom. The van der Waals surface area contributed by atoms with Gasteiger partial charge in [-0.3, -0.25) is 0 Å². The molecule has 0 aliphatic rings. The smallest absolute Gasteiger partial charge is 0.138 e. The van der Waals surface area contributed by atoms with Gasteiger partial charge in [-0.15, -0.1) is 0 Å². The van der Waals surface area contributed by atoms with Gasteiger partial charge in [-0.1, -0.05) is 46.3 Å². The molecule has 0 saturated carbocycles. The maximum absolute atomic E-state index is 13.5. The van der Waals surface area contributed by atoms with Crippen LogP contribution in [0.1, 0.15) is 11.1 Å². The summed E-state index contributed by atoms with van der Waals surface area (Å²) in [7, 11) is 0. The van der Waals surface area contributed by atoms with Crippen molar-refractivity contribution in [2.75, 3.05) is 0 Å². The third-order valence-corrected chi connectivity index (χ3v) is 3.75.